The molecule has 5 heteroatoms. The summed E-state index contributed by atoms with van der Waals surface area (Å²) in [5.74, 6) is 0.585. The van der Waals surface area contributed by atoms with Gasteiger partial charge in [0.25, 0.3) is 0 Å². The van der Waals surface area contributed by atoms with Crippen molar-refractivity contribution < 1.29 is 9.53 Å². The van der Waals surface area contributed by atoms with Crippen LogP contribution in [-0.4, -0.2) is 27.5 Å². The highest BCUT2D eigenvalue weighted by atomic mass is 35.5. The number of carbonyl (C=O) groups excluding carboxylic acids is 1. The molecule has 0 aromatic heterocycles. The fraction of sp³-hybridized carbons (Fsp3) is 0.167. The Bertz CT molecular complexity index is 755. The lowest BCUT2D eigenvalue weighted by atomic mass is 9.97. The molecule has 0 unspecified atom stereocenters. The quantitative estimate of drug-likeness (QED) is 0.578. The number of nitrogens with zero attached hydrogens (tertiary/aromatic N) is 1. The molecule has 2 aromatic carbocycles. The molecular weight excluding hydrogens is 333 g/mol. The highest BCUT2D eigenvalue weighted by Gasteiger charge is 2.11. The van der Waals surface area contributed by atoms with Crippen LogP contribution in [0.1, 0.15) is 11.1 Å². The molecule has 0 amide bonds. The van der Waals surface area contributed by atoms with Crippen molar-refractivity contribution in [3.05, 3.63) is 63.6 Å². The van der Waals surface area contributed by atoms with E-state index in [0.717, 1.165) is 28.7 Å². The van der Waals surface area contributed by atoms with Crippen molar-refractivity contribution in [1.82, 2.24) is 0 Å². The van der Waals surface area contributed by atoms with E-state index in [1.165, 1.54) is 6.08 Å². The second kappa shape index (κ2) is 7.53. The maximum absolute atomic E-state index is 11.1. The summed E-state index contributed by atoms with van der Waals surface area (Å²) in [5, 5.41) is 1.10. The topological polar surface area (TPSA) is 29.5 Å². The first-order valence-corrected chi connectivity index (χ1v) is 7.70. The van der Waals surface area contributed by atoms with Crippen molar-refractivity contribution in [1.29, 1.82) is 0 Å². The number of halogens is 2. The van der Waals surface area contributed by atoms with E-state index in [0.29, 0.717) is 15.8 Å². The van der Waals surface area contributed by atoms with Crippen molar-refractivity contribution in [2.75, 3.05) is 26.1 Å². The molecule has 0 saturated heterocycles. The highest BCUT2D eigenvalue weighted by molar-refractivity contribution is 6.33. The number of benzene rings is 2. The lowest BCUT2D eigenvalue weighted by molar-refractivity contribution is -0.104. The summed E-state index contributed by atoms with van der Waals surface area (Å²) in [4.78, 5) is 13.0. The number of hydrogen-bond acceptors (Lipinski definition) is 3. The molecule has 0 saturated carbocycles. The maximum atomic E-state index is 11.1. The Morgan fingerprint density at radius 1 is 1.04 bits per heavy atom. The summed E-state index contributed by atoms with van der Waals surface area (Å²) in [7, 11) is 5.40. The van der Waals surface area contributed by atoms with Crippen LogP contribution in [0.4, 0.5) is 5.69 Å². The molecule has 0 fully saturated rings. The molecule has 0 aliphatic heterocycles. The summed E-state index contributed by atoms with van der Waals surface area (Å²) in [6.07, 6.45) is 2.25. The van der Waals surface area contributed by atoms with E-state index >= 15 is 0 Å². The average molecular weight is 350 g/mol. The summed E-state index contributed by atoms with van der Waals surface area (Å²) < 4.78 is 5.16. The zero-order chi connectivity index (χ0) is 17.0. The first-order valence-electron chi connectivity index (χ1n) is 6.94. The van der Waals surface area contributed by atoms with E-state index in [4.69, 9.17) is 27.9 Å². The van der Waals surface area contributed by atoms with Crippen LogP contribution in [-0.2, 0) is 4.79 Å². The van der Waals surface area contributed by atoms with E-state index in [1.807, 2.05) is 43.3 Å². The maximum Gasteiger partial charge on any atom is 0.143 e. The SMILES string of the molecule is COc1ccc(C(=CC=O)c2ccc(N(C)C)c(Cl)c2)cc1Cl. The van der Waals surface area contributed by atoms with Gasteiger partial charge in [0.2, 0.25) is 0 Å². The van der Waals surface area contributed by atoms with Gasteiger partial charge in [-0.05, 0) is 47.0 Å². The number of carbonyl (C=O) groups is 1. The van der Waals surface area contributed by atoms with Crippen molar-refractivity contribution in [2.45, 2.75) is 0 Å². The van der Waals surface area contributed by atoms with Gasteiger partial charge in [0, 0.05) is 14.1 Å². The molecule has 3 nitrogen and oxygen atoms in total. The number of rotatable bonds is 5. The average Bonchev–Trinajstić information content (AvgIpc) is 2.52. The monoisotopic (exact) mass is 349 g/mol. The third kappa shape index (κ3) is 3.87. The molecular formula is C18H17Cl2NO2. The first-order chi connectivity index (χ1) is 11.0. The van der Waals surface area contributed by atoms with Crippen LogP contribution in [0.25, 0.3) is 5.57 Å². The van der Waals surface area contributed by atoms with Gasteiger partial charge in [0.15, 0.2) is 0 Å². The Hall–Kier alpha value is -1.97. The molecule has 23 heavy (non-hydrogen) atoms. The second-order valence-corrected chi connectivity index (χ2v) is 5.94. The molecule has 2 rings (SSSR count). The first kappa shape index (κ1) is 17.4. The summed E-state index contributed by atoms with van der Waals surface area (Å²) in [5.41, 5.74) is 3.32. The standard InChI is InChI=1S/C18H17Cl2NO2/c1-21(2)17-6-4-12(10-15(17)19)14(8-9-22)13-5-7-18(23-3)16(20)11-13/h4-11H,1-3H3. The largest absolute Gasteiger partial charge is 0.495 e. The molecule has 0 aliphatic carbocycles. The van der Waals surface area contributed by atoms with Crippen LogP contribution in [0, 0.1) is 0 Å². The molecule has 0 aliphatic rings. The molecule has 0 heterocycles. The lowest BCUT2D eigenvalue weighted by Crippen LogP contribution is -2.09. The highest BCUT2D eigenvalue weighted by Crippen LogP contribution is 2.33. The van der Waals surface area contributed by atoms with Crippen LogP contribution in [0.15, 0.2) is 42.5 Å². The van der Waals surface area contributed by atoms with Crippen LogP contribution in [0.2, 0.25) is 10.0 Å². The normalized spacial score (nSPS) is 11.3. The zero-order valence-electron chi connectivity index (χ0n) is 13.1. The van der Waals surface area contributed by atoms with E-state index in [9.17, 15) is 4.79 Å². The number of aldehydes is 1. The van der Waals surface area contributed by atoms with Crippen molar-refractivity contribution in [3.63, 3.8) is 0 Å². The van der Waals surface area contributed by atoms with Gasteiger partial charge >= 0.3 is 0 Å². The number of ether oxygens (including phenoxy) is 1. The van der Waals surface area contributed by atoms with Crippen LogP contribution in [0.3, 0.4) is 0 Å². The molecule has 120 valence electrons. The molecule has 0 radical (unpaired) electrons. The van der Waals surface area contributed by atoms with E-state index in [2.05, 4.69) is 0 Å². The minimum absolute atomic E-state index is 0.484. The summed E-state index contributed by atoms with van der Waals surface area (Å²) >= 11 is 12.5. The Kier molecular flexibility index (Phi) is 5.69. The smallest absolute Gasteiger partial charge is 0.143 e. The second-order valence-electron chi connectivity index (χ2n) is 5.13. The minimum Gasteiger partial charge on any atom is -0.495 e. The summed E-state index contributed by atoms with van der Waals surface area (Å²) in [6.45, 7) is 0. The Balaban J connectivity index is 2.51. The summed E-state index contributed by atoms with van der Waals surface area (Å²) in [6, 6.07) is 11.1. The van der Waals surface area contributed by atoms with Gasteiger partial charge in [0.05, 0.1) is 22.8 Å². The minimum atomic E-state index is 0.484. The van der Waals surface area contributed by atoms with Crippen LogP contribution >= 0.6 is 23.2 Å². The molecule has 0 atom stereocenters. The Labute approximate surface area is 146 Å². The third-order valence-corrected chi connectivity index (χ3v) is 4.04. The van der Waals surface area contributed by atoms with Gasteiger partial charge in [0.1, 0.15) is 12.0 Å². The number of methoxy groups -OCH3 is 1. The van der Waals surface area contributed by atoms with E-state index in [1.54, 1.807) is 19.2 Å². The van der Waals surface area contributed by atoms with Crippen LogP contribution < -0.4 is 9.64 Å². The van der Waals surface area contributed by atoms with Crippen LogP contribution in [0.5, 0.6) is 5.75 Å². The number of anilines is 1. The van der Waals surface area contributed by atoms with Crippen molar-refractivity contribution >= 4 is 40.7 Å². The fourth-order valence-electron chi connectivity index (χ4n) is 2.30. The molecule has 0 N–H and O–H groups in total. The Morgan fingerprint density at radius 2 is 1.65 bits per heavy atom. The number of allylic oxidation sites excluding steroid dienone is 1. The van der Waals surface area contributed by atoms with Gasteiger partial charge in [-0.1, -0.05) is 35.3 Å². The van der Waals surface area contributed by atoms with E-state index in [-0.39, 0.29) is 0 Å². The van der Waals surface area contributed by atoms with Crippen molar-refractivity contribution in [3.8, 4) is 5.75 Å². The number of hydrogen-bond donors (Lipinski definition) is 0. The predicted octanol–water partition coefficient (Wildman–Crippen LogP) is 4.70. The predicted molar refractivity (Wildman–Crippen MR) is 96.9 cm³/mol. The van der Waals surface area contributed by atoms with E-state index < -0.39 is 0 Å². The van der Waals surface area contributed by atoms with Gasteiger partial charge in [-0.25, -0.2) is 0 Å². The Morgan fingerprint density at radius 3 is 2.13 bits per heavy atom. The van der Waals surface area contributed by atoms with Gasteiger partial charge < -0.3 is 9.64 Å². The third-order valence-electron chi connectivity index (χ3n) is 3.44. The molecule has 2 aromatic rings. The lowest BCUT2D eigenvalue weighted by Gasteiger charge is -2.16. The van der Waals surface area contributed by atoms with Gasteiger partial charge in [-0.2, -0.15) is 0 Å². The molecule has 0 bridgehead atoms. The fourth-order valence-corrected chi connectivity index (χ4v) is 2.91. The van der Waals surface area contributed by atoms with Gasteiger partial charge in [-0.3, -0.25) is 4.79 Å². The van der Waals surface area contributed by atoms with Gasteiger partial charge in [-0.15, -0.1) is 0 Å². The molecule has 0 spiro atoms. The van der Waals surface area contributed by atoms with Crippen molar-refractivity contribution in [2.24, 2.45) is 0 Å². The zero-order valence-corrected chi connectivity index (χ0v) is 14.7.